The molecule has 5 nitrogen and oxygen atoms in total. The van der Waals surface area contributed by atoms with Crippen molar-refractivity contribution >= 4 is 22.7 Å². The molecule has 1 atom stereocenters. The molecule has 2 aromatic carbocycles. The minimum atomic E-state index is -0.440. The van der Waals surface area contributed by atoms with Crippen LogP contribution < -0.4 is 14.2 Å². The van der Waals surface area contributed by atoms with Crippen molar-refractivity contribution < 1.29 is 23.8 Å². The third-order valence-electron chi connectivity index (χ3n) is 3.33. The number of carbonyl (C=O) groups is 2. The molecule has 2 rings (SSSR count). The minimum absolute atomic E-state index is 0.0735. The molecule has 0 saturated heterocycles. The van der Waals surface area contributed by atoms with Crippen LogP contribution in [0.5, 0.6) is 17.2 Å². The summed E-state index contributed by atoms with van der Waals surface area (Å²) in [5, 5.41) is 1.33. The molecule has 0 spiro atoms. The van der Waals surface area contributed by atoms with Gasteiger partial charge in [0, 0.05) is 30.7 Å². The highest BCUT2D eigenvalue weighted by Gasteiger charge is 2.19. The van der Waals surface area contributed by atoms with E-state index in [4.69, 9.17) is 14.2 Å². The Morgan fingerprint density at radius 3 is 2.17 bits per heavy atom. The Kier molecular flexibility index (Phi) is 5.21. The van der Waals surface area contributed by atoms with Gasteiger partial charge in [0.1, 0.15) is 5.75 Å². The SMILES string of the molecule is CCC(C)Oc1cc(OC(C)=O)c2ccccc2c1OC(C)=O. The van der Waals surface area contributed by atoms with Crippen LogP contribution in [-0.4, -0.2) is 18.0 Å². The largest absolute Gasteiger partial charge is 0.487 e. The molecule has 0 aromatic heterocycles. The van der Waals surface area contributed by atoms with Crippen molar-refractivity contribution in [2.24, 2.45) is 0 Å². The van der Waals surface area contributed by atoms with Gasteiger partial charge in [0.25, 0.3) is 0 Å². The number of ether oxygens (including phenoxy) is 3. The fourth-order valence-electron chi connectivity index (χ4n) is 2.17. The minimum Gasteiger partial charge on any atom is -0.487 e. The van der Waals surface area contributed by atoms with Crippen molar-refractivity contribution in [2.75, 3.05) is 0 Å². The third-order valence-corrected chi connectivity index (χ3v) is 3.33. The Hall–Kier alpha value is -2.56. The van der Waals surface area contributed by atoms with Crippen molar-refractivity contribution in [1.29, 1.82) is 0 Å². The molecule has 0 aliphatic heterocycles. The molecule has 1 unspecified atom stereocenters. The van der Waals surface area contributed by atoms with Crippen molar-refractivity contribution in [3.05, 3.63) is 30.3 Å². The summed E-state index contributed by atoms with van der Waals surface area (Å²) in [6, 6.07) is 8.83. The summed E-state index contributed by atoms with van der Waals surface area (Å²) < 4.78 is 16.5. The fraction of sp³-hybridized carbons (Fsp3) is 0.333. The van der Waals surface area contributed by atoms with Crippen LogP contribution in [0.1, 0.15) is 34.1 Å². The lowest BCUT2D eigenvalue weighted by Crippen LogP contribution is -2.13. The van der Waals surface area contributed by atoms with Gasteiger partial charge in [-0.25, -0.2) is 0 Å². The van der Waals surface area contributed by atoms with Crippen LogP contribution in [0.4, 0.5) is 0 Å². The molecule has 0 aliphatic rings. The van der Waals surface area contributed by atoms with Crippen LogP contribution in [-0.2, 0) is 9.59 Å². The molecule has 2 aromatic rings. The molecule has 5 heteroatoms. The van der Waals surface area contributed by atoms with E-state index >= 15 is 0 Å². The Labute approximate surface area is 135 Å². The quantitative estimate of drug-likeness (QED) is 0.619. The van der Waals surface area contributed by atoms with Gasteiger partial charge >= 0.3 is 11.9 Å². The topological polar surface area (TPSA) is 61.8 Å². The van der Waals surface area contributed by atoms with Crippen LogP contribution in [0.15, 0.2) is 30.3 Å². The second-order valence-electron chi connectivity index (χ2n) is 5.27. The lowest BCUT2D eigenvalue weighted by Gasteiger charge is -2.19. The van der Waals surface area contributed by atoms with Crippen molar-refractivity contribution in [2.45, 2.75) is 40.2 Å². The molecule has 122 valence electrons. The van der Waals surface area contributed by atoms with E-state index in [9.17, 15) is 9.59 Å². The first-order chi connectivity index (χ1) is 10.9. The zero-order valence-electron chi connectivity index (χ0n) is 13.7. The number of benzene rings is 2. The second-order valence-corrected chi connectivity index (χ2v) is 5.27. The zero-order valence-corrected chi connectivity index (χ0v) is 13.7. The number of fused-ring (bicyclic) bond motifs is 1. The van der Waals surface area contributed by atoms with Crippen LogP contribution >= 0.6 is 0 Å². The molecule has 0 amide bonds. The van der Waals surface area contributed by atoms with Gasteiger partial charge in [-0.3, -0.25) is 9.59 Å². The molecular formula is C18H20O5. The van der Waals surface area contributed by atoms with E-state index in [1.54, 1.807) is 18.2 Å². The lowest BCUT2D eigenvalue weighted by atomic mass is 10.1. The van der Waals surface area contributed by atoms with Gasteiger partial charge < -0.3 is 14.2 Å². The maximum absolute atomic E-state index is 11.5. The monoisotopic (exact) mass is 316 g/mol. The third kappa shape index (κ3) is 4.00. The van der Waals surface area contributed by atoms with Crippen LogP contribution in [0, 0.1) is 0 Å². The first kappa shape index (κ1) is 16.8. The summed E-state index contributed by atoms with van der Waals surface area (Å²) >= 11 is 0. The summed E-state index contributed by atoms with van der Waals surface area (Å²) in [7, 11) is 0. The Morgan fingerprint density at radius 2 is 1.61 bits per heavy atom. The van der Waals surface area contributed by atoms with Crippen LogP contribution in [0.25, 0.3) is 10.8 Å². The molecule has 0 heterocycles. The molecule has 0 saturated carbocycles. The Morgan fingerprint density at radius 1 is 1.00 bits per heavy atom. The van der Waals surface area contributed by atoms with E-state index in [2.05, 4.69) is 0 Å². The standard InChI is InChI=1S/C18H20O5/c1-5-11(2)21-17-10-16(22-12(3)19)14-8-6-7-9-15(14)18(17)23-13(4)20/h6-11H,5H2,1-4H3. The van der Waals surface area contributed by atoms with Gasteiger partial charge in [-0.1, -0.05) is 31.2 Å². The van der Waals surface area contributed by atoms with Crippen LogP contribution in [0.3, 0.4) is 0 Å². The maximum atomic E-state index is 11.5. The normalized spacial score (nSPS) is 11.8. The molecule has 0 fully saturated rings. The van der Waals surface area contributed by atoms with E-state index in [-0.39, 0.29) is 6.10 Å². The van der Waals surface area contributed by atoms with Crippen molar-refractivity contribution in [3.63, 3.8) is 0 Å². The zero-order chi connectivity index (χ0) is 17.0. The number of carbonyl (C=O) groups excluding carboxylic acids is 2. The average Bonchev–Trinajstić information content (AvgIpc) is 2.49. The lowest BCUT2D eigenvalue weighted by molar-refractivity contribution is -0.133. The number of hydrogen-bond acceptors (Lipinski definition) is 5. The summed E-state index contributed by atoms with van der Waals surface area (Å²) in [6.45, 7) is 6.58. The molecule has 23 heavy (non-hydrogen) atoms. The van der Waals surface area contributed by atoms with E-state index in [0.29, 0.717) is 28.0 Å². The fourth-order valence-corrected chi connectivity index (χ4v) is 2.17. The van der Waals surface area contributed by atoms with Gasteiger partial charge in [-0.15, -0.1) is 0 Å². The highest BCUT2D eigenvalue weighted by molar-refractivity contribution is 5.98. The summed E-state index contributed by atoms with van der Waals surface area (Å²) in [5.74, 6) is 0.227. The van der Waals surface area contributed by atoms with Gasteiger partial charge in [-0.2, -0.15) is 0 Å². The highest BCUT2D eigenvalue weighted by Crippen LogP contribution is 2.42. The van der Waals surface area contributed by atoms with E-state index in [1.165, 1.54) is 13.8 Å². The highest BCUT2D eigenvalue weighted by atomic mass is 16.6. The average molecular weight is 316 g/mol. The van der Waals surface area contributed by atoms with Gasteiger partial charge in [0.2, 0.25) is 0 Å². The molecule has 0 radical (unpaired) electrons. The van der Waals surface area contributed by atoms with Gasteiger partial charge in [0.05, 0.1) is 6.10 Å². The van der Waals surface area contributed by atoms with E-state index in [0.717, 1.165) is 6.42 Å². The Bertz CT molecular complexity index is 736. The number of rotatable bonds is 5. The number of esters is 2. The first-order valence-corrected chi connectivity index (χ1v) is 7.51. The molecule has 0 aliphatic carbocycles. The smallest absolute Gasteiger partial charge is 0.308 e. The van der Waals surface area contributed by atoms with Crippen LogP contribution in [0.2, 0.25) is 0 Å². The molecule has 0 N–H and O–H groups in total. The molecular weight excluding hydrogens is 296 g/mol. The number of hydrogen-bond donors (Lipinski definition) is 0. The van der Waals surface area contributed by atoms with Gasteiger partial charge in [-0.05, 0) is 13.3 Å². The molecule has 0 bridgehead atoms. The predicted molar refractivity (Wildman–Crippen MR) is 86.9 cm³/mol. The van der Waals surface area contributed by atoms with Crippen molar-refractivity contribution in [3.8, 4) is 17.2 Å². The Balaban J connectivity index is 2.68. The van der Waals surface area contributed by atoms with E-state index < -0.39 is 11.9 Å². The summed E-state index contributed by atoms with van der Waals surface area (Å²) in [6.07, 6.45) is 0.713. The second kappa shape index (κ2) is 7.13. The predicted octanol–water partition coefficient (Wildman–Crippen LogP) is 3.87. The maximum Gasteiger partial charge on any atom is 0.308 e. The van der Waals surface area contributed by atoms with Crippen molar-refractivity contribution in [1.82, 2.24) is 0 Å². The summed E-state index contributed by atoms with van der Waals surface area (Å²) in [5.41, 5.74) is 0. The van der Waals surface area contributed by atoms with E-state index in [1.807, 2.05) is 26.0 Å². The first-order valence-electron chi connectivity index (χ1n) is 7.51. The van der Waals surface area contributed by atoms with Gasteiger partial charge in [0.15, 0.2) is 11.5 Å². The summed E-state index contributed by atoms with van der Waals surface area (Å²) in [4.78, 5) is 22.8.